The molecule has 0 saturated carbocycles. The lowest BCUT2D eigenvalue weighted by Gasteiger charge is -2.57. The molecule has 8 heteroatoms. The van der Waals surface area contributed by atoms with Crippen LogP contribution < -0.4 is 15.5 Å². The molecule has 4 aliphatic heterocycles. The van der Waals surface area contributed by atoms with Gasteiger partial charge in [0.05, 0.1) is 11.1 Å². The van der Waals surface area contributed by atoms with Crippen LogP contribution in [-0.4, -0.2) is 60.7 Å². The van der Waals surface area contributed by atoms with Crippen LogP contribution in [0.5, 0.6) is 0 Å². The molecule has 3 saturated heterocycles. The van der Waals surface area contributed by atoms with E-state index < -0.39 is 23.8 Å². The largest absolute Gasteiger partial charge is 0.370 e. The zero-order valence-electron chi connectivity index (χ0n) is 14.1. The molecule has 4 aliphatic rings. The second-order valence-corrected chi connectivity index (χ2v) is 7.64. The summed E-state index contributed by atoms with van der Waals surface area (Å²) in [6, 6.07) is 4.36. The summed E-state index contributed by atoms with van der Waals surface area (Å²) in [6.07, 6.45) is 0.295. The number of piperidine rings is 1. The highest BCUT2D eigenvalue weighted by atomic mass is 16.2. The highest BCUT2D eigenvalue weighted by Crippen LogP contribution is 2.39. The van der Waals surface area contributed by atoms with Gasteiger partial charge in [0.1, 0.15) is 6.04 Å². The monoisotopic (exact) mass is 354 g/mol. The Kier molecular flexibility index (Phi) is 3.06. The van der Waals surface area contributed by atoms with Crippen LogP contribution in [0.25, 0.3) is 0 Å². The maximum Gasteiger partial charge on any atom is 0.262 e. The number of carbonyl (C=O) groups excluding carboxylic acids is 4. The van der Waals surface area contributed by atoms with Gasteiger partial charge in [0.2, 0.25) is 11.8 Å². The fourth-order valence-electron chi connectivity index (χ4n) is 4.30. The molecule has 1 unspecified atom stereocenters. The smallest absolute Gasteiger partial charge is 0.262 e. The van der Waals surface area contributed by atoms with Crippen LogP contribution in [-0.2, 0) is 9.59 Å². The molecule has 8 nitrogen and oxygen atoms in total. The number of hydrogen-bond acceptors (Lipinski definition) is 6. The van der Waals surface area contributed by atoms with Crippen LogP contribution in [0.4, 0.5) is 5.69 Å². The van der Waals surface area contributed by atoms with Gasteiger partial charge in [-0.1, -0.05) is 0 Å². The standard InChI is InChI=1S/C18H18N4O4/c23-14-4-3-13(15(24)20-14)22-16(25)11-2-1-10(5-12(11)17(22)26)21-8-18(9-21)6-19-7-18/h1-2,5,13,19H,3-4,6-9H2,(H,20,23,24). The average molecular weight is 354 g/mol. The van der Waals surface area contributed by atoms with Crippen molar-refractivity contribution in [1.29, 1.82) is 0 Å². The molecule has 4 amide bonds. The fraction of sp³-hybridized carbons (Fsp3) is 0.444. The van der Waals surface area contributed by atoms with E-state index in [1.54, 1.807) is 12.1 Å². The minimum atomic E-state index is -0.920. The molecule has 0 bridgehead atoms. The first-order valence-electron chi connectivity index (χ1n) is 8.79. The van der Waals surface area contributed by atoms with Crippen LogP contribution in [0, 0.1) is 5.41 Å². The Balaban J connectivity index is 1.40. The first-order chi connectivity index (χ1) is 12.5. The van der Waals surface area contributed by atoms with Gasteiger partial charge in [-0.2, -0.15) is 0 Å². The summed E-state index contributed by atoms with van der Waals surface area (Å²) in [7, 11) is 0. The molecule has 2 N–H and O–H groups in total. The van der Waals surface area contributed by atoms with Gasteiger partial charge in [-0.25, -0.2) is 0 Å². The molecular weight excluding hydrogens is 336 g/mol. The van der Waals surface area contributed by atoms with E-state index in [2.05, 4.69) is 15.5 Å². The molecule has 26 heavy (non-hydrogen) atoms. The van der Waals surface area contributed by atoms with Crippen molar-refractivity contribution in [3.05, 3.63) is 29.3 Å². The highest BCUT2D eigenvalue weighted by molar-refractivity contribution is 6.23. The number of benzene rings is 1. The minimum Gasteiger partial charge on any atom is -0.370 e. The van der Waals surface area contributed by atoms with Crippen molar-refractivity contribution >= 4 is 29.3 Å². The number of fused-ring (bicyclic) bond motifs is 1. The van der Waals surface area contributed by atoms with E-state index in [1.165, 1.54) is 0 Å². The number of hydrogen-bond donors (Lipinski definition) is 2. The summed E-state index contributed by atoms with van der Waals surface area (Å²) >= 11 is 0. The van der Waals surface area contributed by atoms with Crippen molar-refractivity contribution in [2.24, 2.45) is 5.41 Å². The van der Waals surface area contributed by atoms with Gasteiger partial charge in [-0.05, 0) is 24.6 Å². The Morgan fingerprint density at radius 1 is 1.00 bits per heavy atom. The topological polar surface area (TPSA) is 98.8 Å². The van der Waals surface area contributed by atoms with Gasteiger partial charge in [-0.3, -0.25) is 29.4 Å². The first-order valence-corrected chi connectivity index (χ1v) is 8.79. The summed E-state index contributed by atoms with van der Waals surface area (Å²) in [5.41, 5.74) is 1.94. The average Bonchev–Trinajstić information content (AvgIpc) is 2.77. The molecule has 5 rings (SSSR count). The van der Waals surface area contributed by atoms with Crippen LogP contribution in [0.15, 0.2) is 18.2 Å². The second-order valence-electron chi connectivity index (χ2n) is 7.64. The highest BCUT2D eigenvalue weighted by Gasteiger charge is 2.49. The summed E-state index contributed by atoms with van der Waals surface area (Å²) in [6.45, 7) is 3.93. The predicted molar refractivity (Wildman–Crippen MR) is 90.6 cm³/mol. The van der Waals surface area contributed by atoms with Gasteiger partial charge in [0.25, 0.3) is 11.8 Å². The Morgan fingerprint density at radius 3 is 2.38 bits per heavy atom. The quantitative estimate of drug-likeness (QED) is 0.695. The van der Waals surface area contributed by atoms with Gasteiger partial charge in [0, 0.05) is 43.7 Å². The van der Waals surface area contributed by atoms with Crippen molar-refractivity contribution in [2.75, 3.05) is 31.1 Å². The van der Waals surface area contributed by atoms with E-state index in [0.717, 1.165) is 36.8 Å². The molecule has 1 atom stereocenters. The van der Waals surface area contributed by atoms with Crippen LogP contribution in [0.2, 0.25) is 0 Å². The third kappa shape index (κ3) is 2.05. The summed E-state index contributed by atoms with van der Waals surface area (Å²) in [5, 5.41) is 5.49. The van der Waals surface area contributed by atoms with Crippen LogP contribution >= 0.6 is 0 Å². The van der Waals surface area contributed by atoms with Crippen molar-refractivity contribution in [3.8, 4) is 0 Å². The molecule has 0 aromatic heterocycles. The van der Waals surface area contributed by atoms with Crippen molar-refractivity contribution in [3.63, 3.8) is 0 Å². The Labute approximate surface area is 149 Å². The number of nitrogens with one attached hydrogen (secondary N) is 2. The number of carbonyl (C=O) groups is 4. The number of nitrogens with zero attached hydrogens (tertiary/aromatic N) is 2. The molecule has 0 aliphatic carbocycles. The van der Waals surface area contributed by atoms with E-state index in [4.69, 9.17) is 0 Å². The zero-order valence-corrected chi connectivity index (χ0v) is 14.1. The summed E-state index contributed by atoms with van der Waals surface area (Å²) < 4.78 is 0. The Morgan fingerprint density at radius 2 is 1.73 bits per heavy atom. The van der Waals surface area contributed by atoms with Crippen LogP contribution in [0.1, 0.15) is 33.6 Å². The van der Waals surface area contributed by atoms with Crippen molar-refractivity contribution in [1.82, 2.24) is 15.5 Å². The first kappa shape index (κ1) is 15.5. The Bertz CT molecular complexity index is 868. The maximum absolute atomic E-state index is 12.8. The van der Waals surface area contributed by atoms with E-state index in [1.807, 2.05) is 6.07 Å². The van der Waals surface area contributed by atoms with Gasteiger partial charge in [0.15, 0.2) is 0 Å². The van der Waals surface area contributed by atoms with Gasteiger partial charge >= 0.3 is 0 Å². The fourth-order valence-corrected chi connectivity index (χ4v) is 4.30. The summed E-state index contributed by atoms with van der Waals surface area (Å²) in [4.78, 5) is 52.1. The van der Waals surface area contributed by atoms with E-state index in [-0.39, 0.29) is 18.7 Å². The van der Waals surface area contributed by atoms with E-state index in [9.17, 15) is 19.2 Å². The molecule has 4 heterocycles. The number of amides is 4. The lowest BCUT2D eigenvalue weighted by atomic mass is 9.74. The number of imide groups is 2. The van der Waals surface area contributed by atoms with E-state index in [0.29, 0.717) is 16.5 Å². The molecule has 3 fully saturated rings. The SMILES string of the molecule is O=C1CCC(N2C(=O)c3ccc(N4CC5(CNC5)C4)cc3C2=O)C(=O)N1. The number of rotatable bonds is 2. The Hall–Kier alpha value is -2.74. The van der Waals surface area contributed by atoms with E-state index >= 15 is 0 Å². The minimum absolute atomic E-state index is 0.124. The lowest BCUT2D eigenvalue weighted by Crippen LogP contribution is -2.71. The van der Waals surface area contributed by atoms with Crippen molar-refractivity contribution < 1.29 is 19.2 Å². The second kappa shape index (κ2) is 5.14. The molecule has 134 valence electrons. The normalized spacial score (nSPS) is 26.5. The maximum atomic E-state index is 12.8. The van der Waals surface area contributed by atoms with Crippen LogP contribution in [0.3, 0.4) is 0 Å². The summed E-state index contributed by atoms with van der Waals surface area (Å²) in [5.74, 6) is -1.88. The molecular formula is C18H18N4O4. The third-order valence-electron chi connectivity index (χ3n) is 5.84. The molecule has 0 radical (unpaired) electrons. The zero-order chi connectivity index (χ0) is 18.1. The molecule has 1 spiro atoms. The molecule has 1 aromatic carbocycles. The van der Waals surface area contributed by atoms with Gasteiger partial charge < -0.3 is 10.2 Å². The third-order valence-corrected chi connectivity index (χ3v) is 5.84. The lowest BCUT2D eigenvalue weighted by molar-refractivity contribution is -0.136. The van der Waals surface area contributed by atoms with Crippen molar-refractivity contribution in [2.45, 2.75) is 18.9 Å². The number of anilines is 1. The van der Waals surface area contributed by atoms with Gasteiger partial charge in [-0.15, -0.1) is 0 Å². The predicted octanol–water partition coefficient (Wildman–Crippen LogP) is -0.503. The molecule has 1 aromatic rings.